The minimum atomic E-state index is -0.537. The van der Waals surface area contributed by atoms with E-state index in [2.05, 4.69) is 5.32 Å². The Morgan fingerprint density at radius 1 is 1.29 bits per heavy atom. The van der Waals surface area contributed by atoms with E-state index in [0.29, 0.717) is 0 Å². The smallest absolute Gasteiger partial charge is 0.237 e. The van der Waals surface area contributed by atoms with Gasteiger partial charge in [-0.15, -0.1) is 0 Å². The van der Waals surface area contributed by atoms with Crippen molar-refractivity contribution in [2.45, 2.75) is 39.3 Å². The number of hydrogen-bond acceptors (Lipinski definition) is 3. The second kappa shape index (κ2) is 5.59. The zero-order chi connectivity index (χ0) is 11.3. The summed E-state index contributed by atoms with van der Waals surface area (Å²) in [5, 5.41) is 2.63. The van der Waals surface area contributed by atoms with Gasteiger partial charge in [-0.1, -0.05) is 13.8 Å². The van der Waals surface area contributed by atoms with Gasteiger partial charge in [0.05, 0.1) is 6.04 Å². The maximum atomic E-state index is 11.4. The minimum Gasteiger partial charge on any atom is -0.370 e. The normalized spacial score (nSPS) is 14.9. The molecule has 0 aliphatic carbocycles. The molecule has 0 aromatic carbocycles. The van der Waals surface area contributed by atoms with Crippen LogP contribution in [0.3, 0.4) is 0 Å². The monoisotopic (exact) mass is 201 g/mol. The fraction of sp³-hybridized carbons (Fsp3) is 0.778. The summed E-state index contributed by atoms with van der Waals surface area (Å²) in [4.78, 5) is 21.9. The van der Waals surface area contributed by atoms with Crippen LogP contribution in [0.2, 0.25) is 0 Å². The summed E-state index contributed by atoms with van der Waals surface area (Å²) in [6.45, 7) is 5.45. The molecule has 5 nitrogen and oxygen atoms in total. The fourth-order valence-electron chi connectivity index (χ4n) is 0.995. The molecule has 0 aliphatic rings. The van der Waals surface area contributed by atoms with Crippen molar-refractivity contribution in [3.8, 4) is 0 Å². The first kappa shape index (κ1) is 12.9. The van der Waals surface area contributed by atoms with Gasteiger partial charge in [0, 0.05) is 12.5 Å². The van der Waals surface area contributed by atoms with Crippen molar-refractivity contribution in [2.24, 2.45) is 17.4 Å². The van der Waals surface area contributed by atoms with Crippen LogP contribution in [0, 0.1) is 5.92 Å². The third-order valence-electron chi connectivity index (χ3n) is 1.92. The Hall–Kier alpha value is -1.10. The van der Waals surface area contributed by atoms with Crippen molar-refractivity contribution >= 4 is 11.8 Å². The molecule has 0 saturated carbocycles. The lowest BCUT2D eigenvalue weighted by Crippen LogP contribution is -2.47. The summed E-state index contributed by atoms with van der Waals surface area (Å²) in [6, 6.07) is -0.796. The van der Waals surface area contributed by atoms with Gasteiger partial charge in [-0.05, 0) is 12.8 Å². The van der Waals surface area contributed by atoms with Crippen LogP contribution in [-0.4, -0.2) is 23.9 Å². The van der Waals surface area contributed by atoms with Crippen LogP contribution in [0.15, 0.2) is 0 Å². The molecule has 1 unspecified atom stereocenters. The Balaban J connectivity index is 3.99. The first-order valence-electron chi connectivity index (χ1n) is 4.68. The van der Waals surface area contributed by atoms with Gasteiger partial charge in [-0.2, -0.15) is 0 Å². The Labute approximate surface area is 84.2 Å². The number of hydrogen-bond donors (Lipinski definition) is 3. The van der Waals surface area contributed by atoms with Crippen molar-refractivity contribution < 1.29 is 9.59 Å². The van der Waals surface area contributed by atoms with Crippen molar-refractivity contribution in [3.05, 3.63) is 0 Å². The molecule has 0 saturated heterocycles. The van der Waals surface area contributed by atoms with Crippen molar-refractivity contribution in [2.75, 3.05) is 0 Å². The second-order valence-corrected chi connectivity index (χ2v) is 3.85. The van der Waals surface area contributed by atoms with Gasteiger partial charge in [-0.3, -0.25) is 9.59 Å². The molecule has 5 heteroatoms. The third kappa shape index (κ3) is 4.81. The Kier molecular flexibility index (Phi) is 5.15. The van der Waals surface area contributed by atoms with Gasteiger partial charge in [-0.25, -0.2) is 0 Å². The topological polar surface area (TPSA) is 98.2 Å². The van der Waals surface area contributed by atoms with Crippen molar-refractivity contribution in [3.63, 3.8) is 0 Å². The molecular formula is C9H19N3O2. The van der Waals surface area contributed by atoms with E-state index >= 15 is 0 Å². The molecule has 82 valence electrons. The van der Waals surface area contributed by atoms with Crippen LogP contribution in [0.5, 0.6) is 0 Å². The maximum Gasteiger partial charge on any atom is 0.237 e. The molecular weight excluding hydrogens is 182 g/mol. The number of amides is 2. The van der Waals surface area contributed by atoms with Gasteiger partial charge in [0.2, 0.25) is 11.8 Å². The van der Waals surface area contributed by atoms with E-state index in [1.54, 1.807) is 6.92 Å². The predicted molar refractivity (Wildman–Crippen MR) is 54.2 cm³/mol. The summed E-state index contributed by atoms with van der Waals surface area (Å²) in [5.41, 5.74) is 10.6. The first-order valence-corrected chi connectivity index (χ1v) is 4.68. The number of nitrogens with two attached hydrogens (primary N) is 2. The van der Waals surface area contributed by atoms with Gasteiger partial charge in [0.25, 0.3) is 0 Å². The highest BCUT2D eigenvalue weighted by Crippen LogP contribution is 1.99. The van der Waals surface area contributed by atoms with Crippen molar-refractivity contribution in [1.82, 2.24) is 5.32 Å². The summed E-state index contributed by atoms with van der Waals surface area (Å²) in [7, 11) is 0. The van der Waals surface area contributed by atoms with Crippen LogP contribution in [-0.2, 0) is 9.59 Å². The molecule has 2 atom stereocenters. The summed E-state index contributed by atoms with van der Waals surface area (Å²) < 4.78 is 0. The lowest BCUT2D eigenvalue weighted by molar-refractivity contribution is -0.124. The predicted octanol–water partition coefficient (Wildman–Crippen LogP) is -0.650. The van der Waals surface area contributed by atoms with E-state index in [9.17, 15) is 9.59 Å². The Morgan fingerprint density at radius 2 is 1.79 bits per heavy atom. The lowest BCUT2D eigenvalue weighted by Gasteiger charge is -2.18. The zero-order valence-electron chi connectivity index (χ0n) is 8.91. The van der Waals surface area contributed by atoms with E-state index < -0.39 is 11.9 Å². The Morgan fingerprint density at radius 3 is 2.14 bits per heavy atom. The number of rotatable bonds is 5. The summed E-state index contributed by atoms with van der Waals surface area (Å²) in [6.07, 6.45) is 0.135. The van der Waals surface area contributed by atoms with E-state index in [1.165, 1.54) is 0 Å². The number of carbonyl (C=O) groups excluding carboxylic acids is 2. The van der Waals surface area contributed by atoms with Crippen LogP contribution in [0.25, 0.3) is 0 Å². The average Bonchev–Trinajstić information content (AvgIpc) is 2.00. The van der Waals surface area contributed by atoms with E-state index in [-0.39, 0.29) is 24.3 Å². The average molecular weight is 201 g/mol. The molecule has 0 radical (unpaired) electrons. The lowest BCUT2D eigenvalue weighted by atomic mass is 10.0. The molecule has 0 aliphatic heterocycles. The number of primary amides is 1. The van der Waals surface area contributed by atoms with E-state index in [4.69, 9.17) is 11.5 Å². The number of nitrogens with one attached hydrogen (secondary N) is 1. The van der Waals surface area contributed by atoms with Gasteiger partial charge >= 0.3 is 0 Å². The van der Waals surface area contributed by atoms with Gasteiger partial charge < -0.3 is 16.8 Å². The molecule has 2 amide bonds. The highest BCUT2D eigenvalue weighted by Gasteiger charge is 2.19. The second-order valence-electron chi connectivity index (χ2n) is 3.85. The van der Waals surface area contributed by atoms with Gasteiger partial charge in [0.15, 0.2) is 0 Å². The van der Waals surface area contributed by atoms with Crippen LogP contribution in [0.4, 0.5) is 0 Å². The summed E-state index contributed by atoms with van der Waals surface area (Å²) in [5.74, 6) is -0.597. The highest BCUT2D eigenvalue weighted by atomic mass is 16.2. The molecule has 0 bridgehead atoms. The van der Waals surface area contributed by atoms with Crippen LogP contribution >= 0.6 is 0 Å². The molecule has 0 fully saturated rings. The largest absolute Gasteiger partial charge is 0.370 e. The van der Waals surface area contributed by atoms with Crippen molar-refractivity contribution in [1.29, 1.82) is 0 Å². The summed E-state index contributed by atoms with van der Waals surface area (Å²) >= 11 is 0. The van der Waals surface area contributed by atoms with E-state index in [1.807, 2.05) is 13.8 Å². The van der Waals surface area contributed by atoms with Gasteiger partial charge in [0.1, 0.15) is 0 Å². The molecule has 0 rings (SSSR count). The standard InChI is InChI=1S/C9H19N3O2/c1-5(2)8(11)9(14)12-6(3)4-7(10)13/h5-6,8H,4,11H2,1-3H3,(H2,10,13)(H,12,14)/t6?,8-/m1/s1. The quantitative estimate of drug-likeness (QED) is 0.551. The third-order valence-corrected chi connectivity index (χ3v) is 1.92. The minimum absolute atomic E-state index is 0.0794. The zero-order valence-corrected chi connectivity index (χ0v) is 8.91. The SMILES string of the molecule is CC(CC(N)=O)NC(=O)[C@H](N)C(C)C. The fourth-order valence-corrected chi connectivity index (χ4v) is 0.995. The van der Waals surface area contributed by atoms with Crippen LogP contribution < -0.4 is 16.8 Å². The maximum absolute atomic E-state index is 11.4. The molecule has 0 spiro atoms. The molecule has 0 aromatic heterocycles. The first-order chi connectivity index (χ1) is 6.34. The van der Waals surface area contributed by atoms with Crippen LogP contribution in [0.1, 0.15) is 27.2 Å². The molecule has 14 heavy (non-hydrogen) atoms. The molecule has 5 N–H and O–H groups in total. The molecule has 0 aromatic rings. The molecule has 0 heterocycles. The highest BCUT2D eigenvalue weighted by molar-refractivity contribution is 5.83. The van der Waals surface area contributed by atoms with E-state index in [0.717, 1.165) is 0 Å². The Bertz CT molecular complexity index is 216. The number of carbonyl (C=O) groups is 2.